The monoisotopic (exact) mass is 433 g/mol. The van der Waals surface area contributed by atoms with Crippen molar-refractivity contribution < 1.29 is 4.79 Å². The van der Waals surface area contributed by atoms with Crippen LogP contribution in [0.3, 0.4) is 0 Å². The van der Waals surface area contributed by atoms with Gasteiger partial charge in [-0.15, -0.1) is 24.0 Å². The Labute approximate surface area is 156 Å². The van der Waals surface area contributed by atoms with Gasteiger partial charge in [0.1, 0.15) is 6.54 Å². The number of carbonyl (C=O) groups excluding carboxylic acids is 1. The molecule has 3 N–H and O–H groups in total. The van der Waals surface area contributed by atoms with Gasteiger partial charge in [-0.1, -0.05) is 6.07 Å². The van der Waals surface area contributed by atoms with Crippen LogP contribution in [0.1, 0.15) is 33.4 Å². The highest BCUT2D eigenvalue weighted by Gasteiger charge is 2.13. The third-order valence-corrected chi connectivity index (χ3v) is 2.64. The highest BCUT2D eigenvalue weighted by molar-refractivity contribution is 14.0. The number of carbonyl (C=O) groups is 1. The quantitative estimate of drug-likeness (QED) is 0.363. The van der Waals surface area contributed by atoms with Gasteiger partial charge in [0.15, 0.2) is 5.96 Å². The molecule has 0 unspecified atom stereocenters. The summed E-state index contributed by atoms with van der Waals surface area (Å²) in [7, 11) is 0. The molecule has 0 aliphatic rings. The number of guanidine groups is 1. The first-order chi connectivity index (χ1) is 10.4. The van der Waals surface area contributed by atoms with E-state index in [1.165, 1.54) is 0 Å². The van der Waals surface area contributed by atoms with Crippen molar-refractivity contribution in [3.05, 3.63) is 30.1 Å². The Kier molecular flexibility index (Phi) is 10.5. The van der Waals surface area contributed by atoms with Crippen LogP contribution < -0.4 is 16.0 Å². The molecule has 7 heteroatoms. The fraction of sp³-hybridized carbons (Fsp3) is 0.562. The van der Waals surface area contributed by atoms with Gasteiger partial charge in [0.25, 0.3) is 0 Å². The largest absolute Gasteiger partial charge is 0.357 e. The molecule has 0 aliphatic carbocycles. The minimum Gasteiger partial charge on any atom is -0.357 e. The molecule has 0 aliphatic heterocycles. The van der Waals surface area contributed by atoms with Crippen LogP contribution in [0.4, 0.5) is 0 Å². The highest BCUT2D eigenvalue weighted by Crippen LogP contribution is 1.97. The van der Waals surface area contributed by atoms with Gasteiger partial charge >= 0.3 is 0 Å². The molecule has 6 nitrogen and oxygen atoms in total. The summed E-state index contributed by atoms with van der Waals surface area (Å²) in [5.74, 6) is 0.553. The van der Waals surface area contributed by atoms with Crippen LogP contribution >= 0.6 is 24.0 Å². The topological polar surface area (TPSA) is 78.4 Å². The highest BCUT2D eigenvalue weighted by atomic mass is 127. The molecule has 0 saturated heterocycles. The third-order valence-electron chi connectivity index (χ3n) is 2.64. The summed E-state index contributed by atoms with van der Waals surface area (Å²) in [6, 6.07) is 5.86. The molecule has 0 fully saturated rings. The SMILES string of the molecule is CCNC(=NCC(=O)NC(C)(C)C)NCCc1ccccn1.I. The Bertz CT molecular complexity index is 485. The average molecular weight is 433 g/mol. The predicted octanol–water partition coefficient (Wildman–Crippen LogP) is 1.71. The summed E-state index contributed by atoms with van der Waals surface area (Å²) in [5.41, 5.74) is 0.786. The standard InChI is InChI=1S/C16H27N5O.HI/c1-5-17-15(20-12-14(22)21-16(2,3)4)19-11-9-13-8-6-7-10-18-13;/h6-8,10H,5,9,11-12H2,1-4H3,(H,21,22)(H2,17,19,20);1H. The molecule has 1 aromatic heterocycles. The predicted molar refractivity (Wildman–Crippen MR) is 105 cm³/mol. The van der Waals surface area contributed by atoms with Crippen LogP contribution in [0.2, 0.25) is 0 Å². The maximum absolute atomic E-state index is 11.8. The van der Waals surface area contributed by atoms with E-state index in [1.54, 1.807) is 6.20 Å². The summed E-state index contributed by atoms with van der Waals surface area (Å²) < 4.78 is 0. The lowest BCUT2D eigenvalue weighted by Crippen LogP contribution is -2.43. The Morgan fingerprint density at radius 3 is 2.57 bits per heavy atom. The summed E-state index contributed by atoms with van der Waals surface area (Å²) in [5, 5.41) is 9.22. The van der Waals surface area contributed by atoms with Gasteiger partial charge in [-0.25, -0.2) is 4.99 Å². The van der Waals surface area contributed by atoms with Gasteiger partial charge in [-0.3, -0.25) is 9.78 Å². The maximum Gasteiger partial charge on any atom is 0.242 e. The van der Waals surface area contributed by atoms with E-state index >= 15 is 0 Å². The van der Waals surface area contributed by atoms with E-state index in [-0.39, 0.29) is 42.0 Å². The molecule has 0 atom stereocenters. The van der Waals surface area contributed by atoms with E-state index < -0.39 is 0 Å². The first-order valence-corrected chi connectivity index (χ1v) is 7.64. The van der Waals surface area contributed by atoms with E-state index in [1.807, 2.05) is 45.9 Å². The van der Waals surface area contributed by atoms with Gasteiger partial charge in [-0.05, 0) is 39.8 Å². The molecule has 1 heterocycles. The minimum absolute atomic E-state index is 0. The molecule has 130 valence electrons. The lowest BCUT2D eigenvalue weighted by molar-refractivity contribution is -0.121. The van der Waals surface area contributed by atoms with Crippen molar-refractivity contribution in [1.29, 1.82) is 0 Å². The molecule has 1 amide bonds. The van der Waals surface area contributed by atoms with Gasteiger partial charge in [0.05, 0.1) is 0 Å². The molecule has 0 bridgehead atoms. The van der Waals surface area contributed by atoms with E-state index in [9.17, 15) is 4.79 Å². The van der Waals surface area contributed by atoms with E-state index in [2.05, 4.69) is 25.9 Å². The Hall–Kier alpha value is -1.38. The zero-order valence-electron chi connectivity index (χ0n) is 14.3. The Balaban J connectivity index is 0.00000484. The van der Waals surface area contributed by atoms with Crippen molar-refractivity contribution in [3.8, 4) is 0 Å². The van der Waals surface area contributed by atoms with Crippen LogP contribution in [0.25, 0.3) is 0 Å². The van der Waals surface area contributed by atoms with Gasteiger partial charge in [-0.2, -0.15) is 0 Å². The summed E-state index contributed by atoms with van der Waals surface area (Å²) in [6.45, 7) is 9.40. The molecule has 1 rings (SSSR count). The zero-order chi connectivity index (χ0) is 16.4. The lowest BCUT2D eigenvalue weighted by atomic mass is 10.1. The number of halogens is 1. The number of hydrogen-bond acceptors (Lipinski definition) is 3. The molecule has 23 heavy (non-hydrogen) atoms. The van der Waals surface area contributed by atoms with Crippen LogP contribution in [0.5, 0.6) is 0 Å². The second-order valence-electron chi connectivity index (χ2n) is 5.99. The first kappa shape index (κ1) is 21.6. The van der Waals surface area contributed by atoms with E-state index in [4.69, 9.17) is 0 Å². The van der Waals surface area contributed by atoms with Crippen molar-refractivity contribution in [2.75, 3.05) is 19.6 Å². The van der Waals surface area contributed by atoms with Gasteiger partial charge in [0.2, 0.25) is 5.91 Å². The van der Waals surface area contributed by atoms with Crippen molar-refractivity contribution in [2.24, 2.45) is 4.99 Å². The average Bonchev–Trinajstić information content (AvgIpc) is 2.44. The van der Waals surface area contributed by atoms with Gasteiger partial charge in [0, 0.05) is 36.9 Å². The molecular formula is C16H28IN5O. The third kappa shape index (κ3) is 10.9. The van der Waals surface area contributed by atoms with Crippen LogP contribution in [-0.4, -0.2) is 42.0 Å². The fourth-order valence-electron chi connectivity index (χ4n) is 1.81. The summed E-state index contributed by atoms with van der Waals surface area (Å²) >= 11 is 0. The van der Waals surface area contributed by atoms with Crippen LogP contribution in [0.15, 0.2) is 29.4 Å². The van der Waals surface area contributed by atoms with Crippen LogP contribution in [0, 0.1) is 0 Å². The number of rotatable bonds is 6. The number of hydrogen-bond donors (Lipinski definition) is 3. The zero-order valence-corrected chi connectivity index (χ0v) is 16.7. The Morgan fingerprint density at radius 1 is 1.26 bits per heavy atom. The molecule has 0 spiro atoms. The van der Waals surface area contributed by atoms with E-state index in [0.29, 0.717) is 12.5 Å². The molecule has 0 aromatic carbocycles. The lowest BCUT2D eigenvalue weighted by Gasteiger charge is -2.20. The number of amides is 1. The maximum atomic E-state index is 11.8. The second-order valence-corrected chi connectivity index (χ2v) is 5.99. The number of pyridine rings is 1. The second kappa shape index (κ2) is 11.2. The number of aromatic nitrogens is 1. The van der Waals surface area contributed by atoms with Crippen LogP contribution in [-0.2, 0) is 11.2 Å². The van der Waals surface area contributed by atoms with Crippen molar-refractivity contribution >= 4 is 35.8 Å². The normalized spacial score (nSPS) is 11.4. The van der Waals surface area contributed by atoms with Crippen molar-refractivity contribution in [2.45, 2.75) is 39.7 Å². The van der Waals surface area contributed by atoms with Crippen molar-refractivity contribution in [1.82, 2.24) is 20.9 Å². The summed E-state index contributed by atoms with van der Waals surface area (Å²) in [6.07, 6.45) is 2.59. The number of aliphatic imine (C=N–C) groups is 1. The molecular weight excluding hydrogens is 405 g/mol. The van der Waals surface area contributed by atoms with Crippen molar-refractivity contribution in [3.63, 3.8) is 0 Å². The molecule has 0 saturated carbocycles. The smallest absolute Gasteiger partial charge is 0.242 e. The number of nitrogens with one attached hydrogen (secondary N) is 3. The van der Waals surface area contributed by atoms with E-state index in [0.717, 1.165) is 18.7 Å². The number of nitrogens with zero attached hydrogens (tertiary/aromatic N) is 2. The fourth-order valence-corrected chi connectivity index (χ4v) is 1.81. The Morgan fingerprint density at radius 2 is 2.00 bits per heavy atom. The first-order valence-electron chi connectivity index (χ1n) is 7.64. The minimum atomic E-state index is -0.239. The molecule has 0 radical (unpaired) electrons. The molecule has 1 aromatic rings. The van der Waals surface area contributed by atoms with Gasteiger partial charge < -0.3 is 16.0 Å². The summed E-state index contributed by atoms with van der Waals surface area (Å²) in [4.78, 5) is 20.3.